The molecule has 2 amide bonds. The third kappa shape index (κ3) is 6.95. The van der Waals surface area contributed by atoms with Crippen LogP contribution in [0.1, 0.15) is 30.5 Å². The van der Waals surface area contributed by atoms with Gasteiger partial charge in [0.05, 0.1) is 19.1 Å². The average molecular weight is 476 g/mol. The van der Waals surface area contributed by atoms with Gasteiger partial charge < -0.3 is 15.0 Å². The molecule has 0 aliphatic rings. The summed E-state index contributed by atoms with van der Waals surface area (Å²) in [4.78, 5) is 27.5. The van der Waals surface area contributed by atoms with Crippen molar-refractivity contribution < 1.29 is 22.7 Å². The lowest BCUT2D eigenvalue weighted by Crippen LogP contribution is -2.51. The predicted octanol–water partition coefficient (Wildman–Crippen LogP) is 2.63. The first-order valence-corrected chi connectivity index (χ1v) is 12.6. The van der Waals surface area contributed by atoms with Gasteiger partial charge in [-0.3, -0.25) is 13.9 Å². The summed E-state index contributed by atoms with van der Waals surface area (Å²) in [5, 5.41) is 2.73. The Balaban J connectivity index is 2.46. The van der Waals surface area contributed by atoms with E-state index >= 15 is 0 Å². The van der Waals surface area contributed by atoms with Crippen LogP contribution in [0.15, 0.2) is 42.5 Å². The van der Waals surface area contributed by atoms with Crippen LogP contribution < -0.4 is 14.4 Å². The van der Waals surface area contributed by atoms with Crippen LogP contribution >= 0.6 is 0 Å². The van der Waals surface area contributed by atoms with E-state index in [0.717, 1.165) is 27.3 Å². The number of aryl methyl sites for hydroxylation is 2. The molecule has 0 aliphatic heterocycles. The van der Waals surface area contributed by atoms with E-state index in [4.69, 9.17) is 4.74 Å². The largest absolute Gasteiger partial charge is 0.495 e. The monoisotopic (exact) mass is 475 g/mol. The fourth-order valence-corrected chi connectivity index (χ4v) is 4.35. The van der Waals surface area contributed by atoms with Crippen LogP contribution in [-0.4, -0.2) is 57.6 Å². The van der Waals surface area contributed by atoms with E-state index in [-0.39, 0.29) is 18.1 Å². The molecule has 2 aromatic carbocycles. The van der Waals surface area contributed by atoms with Gasteiger partial charge in [0, 0.05) is 13.1 Å². The molecule has 2 rings (SSSR count). The van der Waals surface area contributed by atoms with Crippen molar-refractivity contribution in [3.8, 4) is 5.75 Å². The molecule has 0 heterocycles. The Kier molecular flexibility index (Phi) is 8.87. The van der Waals surface area contributed by atoms with Crippen molar-refractivity contribution in [1.82, 2.24) is 10.2 Å². The molecule has 0 bridgehead atoms. The molecule has 9 heteroatoms. The number of amides is 2. The van der Waals surface area contributed by atoms with E-state index in [1.54, 1.807) is 32.0 Å². The lowest BCUT2D eigenvalue weighted by molar-refractivity contribution is -0.139. The fourth-order valence-electron chi connectivity index (χ4n) is 3.50. The molecule has 33 heavy (non-hydrogen) atoms. The standard InChI is InChI=1S/C24H33N3O5S/c1-7-25-24(29)19(4)26(15-20-10-8-9-17(2)13-20)23(28)16-27(33(6,30)31)21-14-18(3)11-12-22(21)32-5/h8-14,19H,7,15-16H2,1-6H3,(H,25,29)/t19-/m1/s1. The first-order valence-electron chi connectivity index (χ1n) is 10.7. The zero-order valence-corrected chi connectivity index (χ0v) is 20.9. The van der Waals surface area contributed by atoms with Gasteiger partial charge in [-0.2, -0.15) is 0 Å². The summed E-state index contributed by atoms with van der Waals surface area (Å²) in [7, 11) is -2.38. The quantitative estimate of drug-likeness (QED) is 0.570. The van der Waals surface area contributed by atoms with Crippen molar-refractivity contribution in [2.45, 2.75) is 40.3 Å². The Bertz CT molecular complexity index is 1100. The molecule has 1 N–H and O–H groups in total. The summed E-state index contributed by atoms with van der Waals surface area (Å²) in [5.74, 6) is -0.470. The van der Waals surface area contributed by atoms with Crippen molar-refractivity contribution in [3.05, 3.63) is 59.2 Å². The average Bonchev–Trinajstić information content (AvgIpc) is 2.74. The highest BCUT2D eigenvalue weighted by Crippen LogP contribution is 2.31. The van der Waals surface area contributed by atoms with E-state index in [0.29, 0.717) is 12.3 Å². The van der Waals surface area contributed by atoms with Crippen LogP contribution in [0.3, 0.4) is 0 Å². The fraction of sp³-hybridized carbons (Fsp3) is 0.417. The summed E-state index contributed by atoms with van der Waals surface area (Å²) in [6, 6.07) is 12.0. The second-order valence-corrected chi connectivity index (χ2v) is 9.93. The molecular formula is C24H33N3O5S. The second-order valence-electron chi connectivity index (χ2n) is 8.03. The number of ether oxygens (including phenoxy) is 1. The Hall–Kier alpha value is -3.07. The number of methoxy groups -OCH3 is 1. The third-order valence-electron chi connectivity index (χ3n) is 5.24. The second kappa shape index (κ2) is 11.2. The smallest absolute Gasteiger partial charge is 0.244 e. The van der Waals surface area contributed by atoms with Crippen LogP contribution in [0.5, 0.6) is 5.75 Å². The maximum atomic E-state index is 13.5. The number of likely N-dealkylation sites (N-methyl/N-ethyl adjacent to an activating group) is 1. The number of carbonyl (C=O) groups is 2. The SMILES string of the molecule is CCNC(=O)[C@@H](C)N(Cc1cccc(C)c1)C(=O)CN(c1cc(C)ccc1OC)S(C)(=O)=O. The Morgan fingerprint density at radius 3 is 2.33 bits per heavy atom. The van der Waals surface area contributed by atoms with Crippen molar-refractivity contribution in [1.29, 1.82) is 0 Å². The number of hydrogen-bond acceptors (Lipinski definition) is 5. The van der Waals surface area contributed by atoms with E-state index < -0.39 is 28.5 Å². The van der Waals surface area contributed by atoms with Gasteiger partial charge in [0.1, 0.15) is 18.3 Å². The minimum Gasteiger partial charge on any atom is -0.495 e. The summed E-state index contributed by atoms with van der Waals surface area (Å²) in [6.07, 6.45) is 1.04. The van der Waals surface area contributed by atoms with Gasteiger partial charge in [-0.05, 0) is 51.0 Å². The zero-order chi connectivity index (χ0) is 24.8. The summed E-state index contributed by atoms with van der Waals surface area (Å²) >= 11 is 0. The molecular weight excluding hydrogens is 442 g/mol. The number of rotatable bonds is 10. The summed E-state index contributed by atoms with van der Waals surface area (Å²) in [6.45, 7) is 7.33. The van der Waals surface area contributed by atoms with Gasteiger partial charge in [-0.15, -0.1) is 0 Å². The lowest BCUT2D eigenvalue weighted by Gasteiger charge is -2.32. The van der Waals surface area contributed by atoms with Gasteiger partial charge in [0.15, 0.2) is 0 Å². The van der Waals surface area contributed by atoms with Gasteiger partial charge in [0.2, 0.25) is 21.8 Å². The molecule has 0 fully saturated rings. The van der Waals surface area contributed by atoms with E-state index in [2.05, 4.69) is 5.32 Å². The molecule has 0 aliphatic carbocycles. The highest BCUT2D eigenvalue weighted by atomic mass is 32.2. The van der Waals surface area contributed by atoms with Gasteiger partial charge in [0.25, 0.3) is 0 Å². The molecule has 0 unspecified atom stereocenters. The summed E-state index contributed by atoms with van der Waals surface area (Å²) < 4.78 is 31.8. The number of sulfonamides is 1. The van der Waals surface area contributed by atoms with E-state index in [1.165, 1.54) is 12.0 Å². The molecule has 0 saturated heterocycles. The molecule has 0 aromatic heterocycles. The summed E-state index contributed by atoms with van der Waals surface area (Å²) in [5.41, 5.74) is 2.96. The predicted molar refractivity (Wildman–Crippen MR) is 130 cm³/mol. The van der Waals surface area contributed by atoms with Crippen LogP contribution in [0.25, 0.3) is 0 Å². The molecule has 0 radical (unpaired) electrons. The Morgan fingerprint density at radius 2 is 1.76 bits per heavy atom. The minimum absolute atomic E-state index is 0.168. The van der Waals surface area contributed by atoms with E-state index in [9.17, 15) is 18.0 Å². The van der Waals surface area contributed by atoms with Gasteiger partial charge in [-0.1, -0.05) is 35.9 Å². The van der Waals surface area contributed by atoms with Crippen molar-refractivity contribution in [2.75, 3.05) is 30.8 Å². The number of anilines is 1. The molecule has 8 nitrogen and oxygen atoms in total. The highest BCUT2D eigenvalue weighted by molar-refractivity contribution is 7.92. The number of nitrogens with zero attached hydrogens (tertiary/aromatic N) is 2. The molecule has 0 saturated carbocycles. The molecule has 180 valence electrons. The number of hydrogen-bond donors (Lipinski definition) is 1. The third-order valence-corrected chi connectivity index (χ3v) is 6.36. The van der Waals surface area contributed by atoms with Gasteiger partial charge in [-0.25, -0.2) is 8.42 Å². The van der Waals surface area contributed by atoms with Crippen LogP contribution in [0.2, 0.25) is 0 Å². The minimum atomic E-state index is -3.83. The maximum absolute atomic E-state index is 13.5. The lowest BCUT2D eigenvalue weighted by atomic mass is 10.1. The molecule has 1 atom stereocenters. The van der Waals surface area contributed by atoms with Crippen LogP contribution in [-0.2, 0) is 26.2 Å². The number of carbonyl (C=O) groups excluding carboxylic acids is 2. The van der Waals surface area contributed by atoms with Gasteiger partial charge >= 0.3 is 0 Å². The molecule has 2 aromatic rings. The van der Waals surface area contributed by atoms with Crippen molar-refractivity contribution >= 4 is 27.5 Å². The van der Waals surface area contributed by atoms with E-state index in [1.807, 2.05) is 38.1 Å². The van der Waals surface area contributed by atoms with Crippen molar-refractivity contribution in [3.63, 3.8) is 0 Å². The zero-order valence-electron chi connectivity index (χ0n) is 20.1. The van der Waals surface area contributed by atoms with Crippen LogP contribution in [0, 0.1) is 13.8 Å². The van der Waals surface area contributed by atoms with Crippen LogP contribution in [0.4, 0.5) is 5.69 Å². The number of benzene rings is 2. The van der Waals surface area contributed by atoms with Crippen molar-refractivity contribution in [2.24, 2.45) is 0 Å². The Morgan fingerprint density at radius 1 is 1.09 bits per heavy atom. The highest BCUT2D eigenvalue weighted by Gasteiger charge is 2.31. The normalized spacial score (nSPS) is 12.1. The maximum Gasteiger partial charge on any atom is 0.244 e. The number of nitrogens with one attached hydrogen (secondary N) is 1. The first kappa shape index (κ1) is 26.2. The molecule has 0 spiro atoms. The first-order chi connectivity index (χ1) is 15.5. The topological polar surface area (TPSA) is 96.0 Å². The Labute approximate surface area is 196 Å².